The lowest BCUT2D eigenvalue weighted by molar-refractivity contribution is 0.0944. The molecule has 100 valence electrons. The summed E-state index contributed by atoms with van der Waals surface area (Å²) in [7, 11) is 0. The van der Waals surface area contributed by atoms with Crippen molar-refractivity contribution in [1.29, 1.82) is 0 Å². The van der Waals surface area contributed by atoms with Gasteiger partial charge in [-0.25, -0.2) is 0 Å². The van der Waals surface area contributed by atoms with Crippen molar-refractivity contribution in [3.63, 3.8) is 0 Å². The van der Waals surface area contributed by atoms with Crippen LogP contribution in [0.4, 0.5) is 5.69 Å². The Labute approximate surface area is 108 Å². The van der Waals surface area contributed by atoms with E-state index in [-0.39, 0.29) is 5.91 Å². The topological polar surface area (TPSA) is 74.1 Å². The molecular weight excluding hydrogens is 228 g/mol. The van der Waals surface area contributed by atoms with Gasteiger partial charge < -0.3 is 20.9 Å². The fourth-order valence-electron chi connectivity index (χ4n) is 2.32. The quantitative estimate of drug-likeness (QED) is 0.751. The minimum Gasteiger partial charge on any atom is -0.397 e. The van der Waals surface area contributed by atoms with E-state index in [1.807, 2.05) is 0 Å². The van der Waals surface area contributed by atoms with Crippen LogP contribution in [-0.4, -0.2) is 42.0 Å². The second kappa shape index (κ2) is 6.44. The number of aromatic amines is 1. The molecule has 0 spiro atoms. The van der Waals surface area contributed by atoms with E-state index in [0.29, 0.717) is 17.9 Å². The van der Waals surface area contributed by atoms with Crippen molar-refractivity contribution < 1.29 is 4.79 Å². The summed E-state index contributed by atoms with van der Waals surface area (Å²) in [6.07, 6.45) is 6.86. The first kappa shape index (κ1) is 13.0. The normalized spacial score (nSPS) is 17.3. The second-order valence-electron chi connectivity index (χ2n) is 4.86. The number of nitrogens with zero attached hydrogens (tertiary/aromatic N) is 1. The average molecular weight is 250 g/mol. The SMILES string of the molecule is Nc1c[nH]c(C(=O)NCCN2CCCCCC2)c1. The molecule has 1 aromatic rings. The van der Waals surface area contributed by atoms with Gasteiger partial charge in [-0.15, -0.1) is 0 Å². The van der Waals surface area contributed by atoms with Gasteiger partial charge in [0.15, 0.2) is 0 Å². The van der Waals surface area contributed by atoms with Crippen LogP contribution < -0.4 is 11.1 Å². The summed E-state index contributed by atoms with van der Waals surface area (Å²) in [6.45, 7) is 3.94. The molecule has 0 radical (unpaired) electrons. The third-order valence-corrected chi connectivity index (χ3v) is 3.36. The number of nitrogen functional groups attached to an aromatic ring is 1. The first-order chi connectivity index (χ1) is 8.75. The van der Waals surface area contributed by atoms with Crippen molar-refractivity contribution in [1.82, 2.24) is 15.2 Å². The molecule has 2 heterocycles. The molecule has 1 fully saturated rings. The maximum Gasteiger partial charge on any atom is 0.267 e. The first-order valence-corrected chi connectivity index (χ1v) is 6.70. The number of amides is 1. The summed E-state index contributed by atoms with van der Waals surface area (Å²) in [5, 5.41) is 2.91. The largest absolute Gasteiger partial charge is 0.397 e. The Kier molecular flexibility index (Phi) is 4.64. The maximum absolute atomic E-state index is 11.8. The number of anilines is 1. The van der Waals surface area contributed by atoms with Crippen LogP contribution in [0, 0.1) is 0 Å². The molecule has 0 bridgehead atoms. The van der Waals surface area contributed by atoms with E-state index in [0.717, 1.165) is 19.6 Å². The highest BCUT2D eigenvalue weighted by atomic mass is 16.1. The molecule has 1 aliphatic heterocycles. The summed E-state index contributed by atoms with van der Waals surface area (Å²) < 4.78 is 0. The summed E-state index contributed by atoms with van der Waals surface area (Å²) >= 11 is 0. The molecule has 0 saturated carbocycles. The van der Waals surface area contributed by atoms with Crippen molar-refractivity contribution in [2.45, 2.75) is 25.7 Å². The lowest BCUT2D eigenvalue weighted by Gasteiger charge is -2.19. The fraction of sp³-hybridized carbons (Fsp3) is 0.615. The van der Waals surface area contributed by atoms with E-state index in [2.05, 4.69) is 15.2 Å². The third kappa shape index (κ3) is 3.77. The molecule has 1 aliphatic rings. The van der Waals surface area contributed by atoms with Gasteiger partial charge in [0, 0.05) is 25.0 Å². The molecule has 1 amide bonds. The van der Waals surface area contributed by atoms with E-state index >= 15 is 0 Å². The minimum absolute atomic E-state index is 0.0819. The lowest BCUT2D eigenvalue weighted by atomic mass is 10.2. The van der Waals surface area contributed by atoms with Crippen molar-refractivity contribution >= 4 is 11.6 Å². The van der Waals surface area contributed by atoms with Gasteiger partial charge in [0.25, 0.3) is 5.91 Å². The van der Waals surface area contributed by atoms with Crippen LogP contribution in [0.15, 0.2) is 12.3 Å². The van der Waals surface area contributed by atoms with E-state index in [4.69, 9.17) is 5.73 Å². The van der Waals surface area contributed by atoms with E-state index < -0.39 is 0 Å². The minimum atomic E-state index is -0.0819. The zero-order valence-electron chi connectivity index (χ0n) is 10.7. The van der Waals surface area contributed by atoms with Gasteiger partial charge in [-0.3, -0.25) is 4.79 Å². The summed E-state index contributed by atoms with van der Waals surface area (Å²) in [4.78, 5) is 17.0. The lowest BCUT2D eigenvalue weighted by Crippen LogP contribution is -2.35. The molecule has 5 heteroatoms. The molecule has 0 aromatic carbocycles. The predicted octanol–water partition coefficient (Wildman–Crippen LogP) is 1.20. The van der Waals surface area contributed by atoms with Crippen LogP contribution in [-0.2, 0) is 0 Å². The molecular formula is C13H22N4O. The molecule has 0 unspecified atom stereocenters. The van der Waals surface area contributed by atoms with Crippen LogP contribution in [0.5, 0.6) is 0 Å². The predicted molar refractivity (Wildman–Crippen MR) is 72.4 cm³/mol. The smallest absolute Gasteiger partial charge is 0.267 e. The standard InChI is InChI=1S/C13H22N4O/c14-11-9-12(16-10-11)13(18)15-5-8-17-6-3-1-2-4-7-17/h9-10,16H,1-8,14H2,(H,15,18). The molecule has 0 aliphatic carbocycles. The van der Waals surface area contributed by atoms with Gasteiger partial charge in [-0.2, -0.15) is 0 Å². The van der Waals surface area contributed by atoms with E-state index in [1.54, 1.807) is 12.3 Å². The monoisotopic (exact) mass is 250 g/mol. The van der Waals surface area contributed by atoms with Crippen LogP contribution in [0.3, 0.4) is 0 Å². The van der Waals surface area contributed by atoms with Gasteiger partial charge in [0.05, 0.1) is 0 Å². The molecule has 18 heavy (non-hydrogen) atoms. The summed E-state index contributed by atoms with van der Waals surface area (Å²) in [5.74, 6) is -0.0819. The van der Waals surface area contributed by atoms with Crippen molar-refractivity contribution in [2.75, 3.05) is 31.9 Å². The second-order valence-corrected chi connectivity index (χ2v) is 4.86. The highest BCUT2D eigenvalue weighted by Gasteiger charge is 2.10. The molecule has 2 rings (SSSR count). The number of likely N-dealkylation sites (tertiary alicyclic amines) is 1. The van der Waals surface area contributed by atoms with E-state index in [9.17, 15) is 4.79 Å². The Morgan fingerprint density at radius 2 is 2.06 bits per heavy atom. The molecule has 4 N–H and O–H groups in total. The third-order valence-electron chi connectivity index (χ3n) is 3.36. The Bertz CT molecular complexity index is 380. The number of nitrogens with two attached hydrogens (primary N) is 1. The Morgan fingerprint density at radius 1 is 1.33 bits per heavy atom. The number of nitrogens with one attached hydrogen (secondary N) is 2. The van der Waals surface area contributed by atoms with Gasteiger partial charge >= 0.3 is 0 Å². The summed E-state index contributed by atoms with van der Waals surface area (Å²) in [6, 6.07) is 1.65. The Hall–Kier alpha value is -1.49. The molecule has 1 saturated heterocycles. The zero-order valence-corrected chi connectivity index (χ0v) is 10.7. The number of aromatic nitrogens is 1. The van der Waals surface area contributed by atoms with E-state index in [1.165, 1.54) is 25.7 Å². The molecule has 5 nitrogen and oxygen atoms in total. The Balaban J connectivity index is 1.69. The number of carbonyl (C=O) groups excluding carboxylic acids is 1. The highest BCUT2D eigenvalue weighted by molar-refractivity contribution is 5.93. The van der Waals surface area contributed by atoms with Crippen LogP contribution in [0.25, 0.3) is 0 Å². The Morgan fingerprint density at radius 3 is 2.67 bits per heavy atom. The first-order valence-electron chi connectivity index (χ1n) is 6.70. The maximum atomic E-state index is 11.8. The van der Waals surface area contributed by atoms with Crippen LogP contribution in [0.2, 0.25) is 0 Å². The van der Waals surface area contributed by atoms with Crippen molar-refractivity contribution in [2.24, 2.45) is 0 Å². The fourth-order valence-corrected chi connectivity index (χ4v) is 2.32. The van der Waals surface area contributed by atoms with Crippen LogP contribution in [0.1, 0.15) is 36.2 Å². The number of carbonyl (C=O) groups is 1. The van der Waals surface area contributed by atoms with Gasteiger partial charge in [0.1, 0.15) is 5.69 Å². The van der Waals surface area contributed by atoms with Gasteiger partial charge in [-0.05, 0) is 32.0 Å². The number of hydrogen-bond donors (Lipinski definition) is 3. The number of hydrogen-bond acceptors (Lipinski definition) is 3. The van der Waals surface area contributed by atoms with Crippen LogP contribution >= 0.6 is 0 Å². The van der Waals surface area contributed by atoms with Gasteiger partial charge in [0.2, 0.25) is 0 Å². The highest BCUT2D eigenvalue weighted by Crippen LogP contribution is 2.08. The zero-order chi connectivity index (χ0) is 12.8. The number of H-pyrrole nitrogens is 1. The van der Waals surface area contributed by atoms with Crippen molar-refractivity contribution in [3.8, 4) is 0 Å². The molecule has 0 atom stereocenters. The summed E-state index contributed by atoms with van der Waals surface area (Å²) in [5.41, 5.74) is 6.68. The average Bonchev–Trinajstić information content (AvgIpc) is 2.63. The number of rotatable bonds is 4. The molecule has 1 aromatic heterocycles. The van der Waals surface area contributed by atoms with Gasteiger partial charge in [-0.1, -0.05) is 12.8 Å². The van der Waals surface area contributed by atoms with Crippen molar-refractivity contribution in [3.05, 3.63) is 18.0 Å².